The third-order valence-corrected chi connectivity index (χ3v) is 2.57. The predicted molar refractivity (Wildman–Crippen MR) is 65.2 cm³/mol. The molecule has 0 aliphatic rings. The monoisotopic (exact) mass is 252 g/mol. The topological polar surface area (TPSA) is 118 Å². The second kappa shape index (κ2) is 4.99. The van der Waals surface area contributed by atoms with E-state index < -0.39 is 17.3 Å². The zero-order valence-corrected chi connectivity index (χ0v) is 10.5. The summed E-state index contributed by atoms with van der Waals surface area (Å²) in [5.74, 6) is -1.24. The molecule has 0 fully saturated rings. The van der Waals surface area contributed by atoms with Crippen molar-refractivity contribution < 1.29 is 14.7 Å². The summed E-state index contributed by atoms with van der Waals surface area (Å²) in [5.41, 5.74) is 4.91. The van der Waals surface area contributed by atoms with Crippen molar-refractivity contribution in [1.29, 1.82) is 0 Å². The summed E-state index contributed by atoms with van der Waals surface area (Å²) in [5, 5.41) is 11.7. The smallest absolute Gasteiger partial charge is 0.339 e. The summed E-state index contributed by atoms with van der Waals surface area (Å²) < 4.78 is 0. The number of primary amides is 1. The molecule has 7 nitrogen and oxygen atoms in total. The van der Waals surface area contributed by atoms with Crippen molar-refractivity contribution >= 4 is 17.8 Å². The van der Waals surface area contributed by atoms with Crippen molar-refractivity contribution in [2.24, 2.45) is 11.1 Å². The van der Waals surface area contributed by atoms with Crippen molar-refractivity contribution in [3.63, 3.8) is 0 Å². The van der Waals surface area contributed by atoms with E-state index in [0.29, 0.717) is 5.69 Å². The molecule has 7 heteroatoms. The summed E-state index contributed by atoms with van der Waals surface area (Å²) in [6.07, 6.45) is 1.23. The van der Waals surface area contributed by atoms with Crippen LogP contribution in [0.4, 0.5) is 5.95 Å². The van der Waals surface area contributed by atoms with Gasteiger partial charge in [-0.3, -0.25) is 4.79 Å². The van der Waals surface area contributed by atoms with Gasteiger partial charge in [-0.25, -0.2) is 14.8 Å². The van der Waals surface area contributed by atoms with Crippen molar-refractivity contribution in [3.05, 3.63) is 17.5 Å². The Balaban J connectivity index is 2.79. The largest absolute Gasteiger partial charge is 0.478 e. The maximum absolute atomic E-state index is 11.1. The van der Waals surface area contributed by atoms with Crippen LogP contribution in [0.2, 0.25) is 0 Å². The number of hydrogen-bond acceptors (Lipinski definition) is 5. The molecule has 0 saturated heterocycles. The van der Waals surface area contributed by atoms with Gasteiger partial charge in [-0.05, 0) is 20.8 Å². The summed E-state index contributed by atoms with van der Waals surface area (Å²) in [4.78, 5) is 29.8. The molecule has 0 unspecified atom stereocenters. The molecular formula is C11H16N4O3. The van der Waals surface area contributed by atoms with Crippen LogP contribution >= 0.6 is 0 Å². The molecule has 98 valence electrons. The molecule has 1 heterocycles. The number of aromatic carboxylic acids is 1. The van der Waals surface area contributed by atoms with Crippen LogP contribution in [-0.2, 0) is 4.79 Å². The van der Waals surface area contributed by atoms with Crippen LogP contribution in [0, 0.1) is 12.3 Å². The zero-order valence-electron chi connectivity index (χ0n) is 10.5. The van der Waals surface area contributed by atoms with Crippen LogP contribution in [0.3, 0.4) is 0 Å². The Morgan fingerprint density at radius 1 is 1.50 bits per heavy atom. The first kappa shape index (κ1) is 13.9. The Hall–Kier alpha value is -2.18. The Kier molecular flexibility index (Phi) is 3.85. The Labute approximate surface area is 104 Å². The standard InChI is InChI=1S/C11H16N4O3/c1-6-7(8(16)17)4-13-10(15-6)14-5-11(2,3)9(12)18/h4H,5H2,1-3H3,(H2,12,18)(H,16,17)(H,13,14,15). The van der Waals surface area contributed by atoms with E-state index in [1.165, 1.54) is 6.20 Å². The van der Waals surface area contributed by atoms with Crippen molar-refractivity contribution in [2.45, 2.75) is 20.8 Å². The number of nitrogens with zero attached hydrogens (tertiary/aromatic N) is 2. The van der Waals surface area contributed by atoms with Crippen molar-refractivity contribution in [3.8, 4) is 0 Å². The van der Waals surface area contributed by atoms with E-state index in [1.54, 1.807) is 20.8 Å². The molecule has 0 radical (unpaired) electrons. The highest BCUT2D eigenvalue weighted by atomic mass is 16.4. The Morgan fingerprint density at radius 2 is 2.11 bits per heavy atom. The van der Waals surface area contributed by atoms with Crippen molar-refractivity contribution in [2.75, 3.05) is 11.9 Å². The third kappa shape index (κ3) is 3.16. The average Bonchev–Trinajstić information content (AvgIpc) is 2.25. The third-order valence-electron chi connectivity index (χ3n) is 2.57. The lowest BCUT2D eigenvalue weighted by Gasteiger charge is -2.20. The summed E-state index contributed by atoms with van der Waals surface area (Å²) in [7, 11) is 0. The van der Waals surface area contributed by atoms with Crippen LogP contribution in [0.15, 0.2) is 6.20 Å². The molecule has 1 amide bonds. The van der Waals surface area contributed by atoms with Gasteiger partial charge in [0.05, 0.1) is 16.7 Å². The molecule has 0 saturated carbocycles. The number of amides is 1. The summed E-state index contributed by atoms with van der Waals surface area (Å²) in [6, 6.07) is 0. The van der Waals surface area contributed by atoms with Crippen LogP contribution in [0.1, 0.15) is 29.9 Å². The number of nitrogens with one attached hydrogen (secondary N) is 1. The van der Waals surface area contributed by atoms with E-state index in [0.717, 1.165) is 0 Å². The molecule has 0 aromatic carbocycles. The van der Waals surface area contributed by atoms with Gasteiger partial charge >= 0.3 is 5.97 Å². The minimum atomic E-state index is -1.07. The van der Waals surface area contributed by atoms with Gasteiger partial charge in [0.25, 0.3) is 0 Å². The fourth-order valence-corrected chi connectivity index (χ4v) is 1.15. The maximum atomic E-state index is 11.1. The quantitative estimate of drug-likeness (QED) is 0.698. The molecule has 1 aromatic heterocycles. The SMILES string of the molecule is Cc1nc(NCC(C)(C)C(N)=O)ncc1C(=O)O. The lowest BCUT2D eigenvalue weighted by atomic mass is 9.93. The van der Waals surface area contributed by atoms with Gasteiger partial charge in [0.1, 0.15) is 0 Å². The van der Waals surface area contributed by atoms with Gasteiger partial charge in [-0.1, -0.05) is 0 Å². The lowest BCUT2D eigenvalue weighted by Crippen LogP contribution is -2.37. The molecule has 0 aliphatic heterocycles. The number of carboxylic acids is 1. The fraction of sp³-hybridized carbons (Fsp3) is 0.455. The molecule has 1 aromatic rings. The number of carbonyl (C=O) groups is 2. The number of hydrogen-bond donors (Lipinski definition) is 3. The van der Waals surface area contributed by atoms with Gasteiger partial charge in [-0.2, -0.15) is 0 Å². The van der Waals surface area contributed by atoms with Crippen molar-refractivity contribution in [1.82, 2.24) is 9.97 Å². The van der Waals surface area contributed by atoms with E-state index in [-0.39, 0.29) is 18.1 Å². The first-order valence-corrected chi connectivity index (χ1v) is 5.35. The van der Waals surface area contributed by atoms with E-state index in [9.17, 15) is 9.59 Å². The first-order valence-electron chi connectivity index (χ1n) is 5.35. The molecular weight excluding hydrogens is 236 g/mol. The number of aryl methyl sites for hydroxylation is 1. The van der Waals surface area contributed by atoms with Crippen LogP contribution in [-0.4, -0.2) is 33.5 Å². The fourth-order valence-electron chi connectivity index (χ4n) is 1.15. The maximum Gasteiger partial charge on any atom is 0.339 e. The van der Waals surface area contributed by atoms with Crippen LogP contribution < -0.4 is 11.1 Å². The number of carbonyl (C=O) groups excluding carboxylic acids is 1. The Morgan fingerprint density at radius 3 is 2.56 bits per heavy atom. The van der Waals surface area contributed by atoms with E-state index in [2.05, 4.69) is 15.3 Å². The number of aromatic nitrogens is 2. The van der Waals surface area contributed by atoms with Crippen LogP contribution in [0.5, 0.6) is 0 Å². The highest BCUT2D eigenvalue weighted by molar-refractivity contribution is 5.88. The van der Waals surface area contributed by atoms with Gasteiger partial charge in [0, 0.05) is 12.7 Å². The van der Waals surface area contributed by atoms with E-state index >= 15 is 0 Å². The summed E-state index contributed by atoms with van der Waals surface area (Å²) >= 11 is 0. The van der Waals surface area contributed by atoms with Gasteiger partial charge < -0.3 is 16.2 Å². The van der Waals surface area contributed by atoms with Gasteiger partial charge in [0.2, 0.25) is 11.9 Å². The highest BCUT2D eigenvalue weighted by Gasteiger charge is 2.25. The minimum absolute atomic E-state index is 0.0507. The molecule has 0 atom stereocenters. The zero-order chi connectivity index (χ0) is 13.9. The molecule has 1 rings (SSSR count). The second-order valence-electron chi connectivity index (χ2n) is 4.60. The van der Waals surface area contributed by atoms with E-state index in [4.69, 9.17) is 10.8 Å². The number of anilines is 1. The van der Waals surface area contributed by atoms with Gasteiger partial charge in [-0.15, -0.1) is 0 Å². The molecule has 0 bridgehead atoms. The second-order valence-corrected chi connectivity index (χ2v) is 4.60. The molecule has 4 N–H and O–H groups in total. The lowest BCUT2D eigenvalue weighted by molar-refractivity contribution is -0.125. The number of nitrogens with two attached hydrogens (primary N) is 1. The summed E-state index contributed by atoms with van der Waals surface area (Å²) in [6.45, 7) is 5.24. The number of rotatable bonds is 5. The van der Waals surface area contributed by atoms with Crippen LogP contribution in [0.25, 0.3) is 0 Å². The molecule has 0 aliphatic carbocycles. The Bertz CT molecular complexity index is 485. The van der Waals surface area contributed by atoms with E-state index in [1.807, 2.05) is 0 Å². The normalized spacial score (nSPS) is 11.1. The van der Waals surface area contributed by atoms with Gasteiger partial charge in [0.15, 0.2) is 0 Å². The molecule has 18 heavy (non-hydrogen) atoms. The highest BCUT2D eigenvalue weighted by Crippen LogP contribution is 2.15. The first-order chi connectivity index (χ1) is 8.24. The number of carboxylic acid groups (broad SMARTS) is 1. The molecule has 0 spiro atoms. The average molecular weight is 252 g/mol. The predicted octanol–water partition coefficient (Wildman–Crippen LogP) is 0.407. The minimum Gasteiger partial charge on any atom is -0.478 e.